The van der Waals surface area contributed by atoms with Crippen LogP contribution in [0.5, 0.6) is 0 Å². The number of benzene rings is 3. The SMILES string of the molecule is CC(C)c1c(C(=O)Nc2ccc(COC(=O)c3ccncc3)cc2)c(-c2ccccc2)c(-c2ccc(F)cc2)n1CC[C@@H](O)C[C@@H](O)CC(=O)O. The van der Waals surface area contributed by atoms with Crippen LogP contribution in [0.25, 0.3) is 22.4 Å². The van der Waals surface area contributed by atoms with Crippen molar-refractivity contribution in [1.82, 2.24) is 9.55 Å². The number of anilines is 1. The number of aliphatic hydroxyl groups is 2. The molecule has 2 atom stereocenters. The van der Waals surface area contributed by atoms with Crippen molar-refractivity contribution in [2.24, 2.45) is 0 Å². The number of carbonyl (C=O) groups excluding carboxylic acids is 2. The Morgan fingerprint density at radius 1 is 0.863 bits per heavy atom. The highest BCUT2D eigenvalue weighted by Crippen LogP contribution is 2.42. The third-order valence-corrected chi connectivity index (χ3v) is 8.40. The minimum Gasteiger partial charge on any atom is -0.481 e. The summed E-state index contributed by atoms with van der Waals surface area (Å²) < 4.78 is 21.5. The van der Waals surface area contributed by atoms with Gasteiger partial charge in [0.05, 0.1) is 35.4 Å². The van der Waals surface area contributed by atoms with Gasteiger partial charge in [-0.3, -0.25) is 14.6 Å². The fraction of sp³-hybridized carbons (Fsp3) is 0.250. The first kappa shape index (κ1) is 36.6. The lowest BCUT2D eigenvalue weighted by Gasteiger charge is -2.20. The van der Waals surface area contributed by atoms with E-state index in [0.29, 0.717) is 39.3 Å². The van der Waals surface area contributed by atoms with E-state index in [9.17, 15) is 29.0 Å². The van der Waals surface area contributed by atoms with Gasteiger partial charge in [-0.15, -0.1) is 0 Å². The Morgan fingerprint density at radius 2 is 1.53 bits per heavy atom. The zero-order valence-electron chi connectivity index (χ0n) is 28.3. The third-order valence-electron chi connectivity index (χ3n) is 8.40. The molecule has 0 saturated carbocycles. The number of halogens is 1. The average molecular weight is 694 g/mol. The quantitative estimate of drug-likeness (QED) is 0.0851. The molecule has 2 aromatic heterocycles. The number of hydrogen-bond acceptors (Lipinski definition) is 7. The number of nitrogens with zero attached hydrogens (tertiary/aromatic N) is 2. The van der Waals surface area contributed by atoms with Gasteiger partial charge in [-0.2, -0.15) is 0 Å². The van der Waals surface area contributed by atoms with Gasteiger partial charge in [-0.1, -0.05) is 56.3 Å². The number of carboxylic acid groups (broad SMARTS) is 1. The Morgan fingerprint density at radius 3 is 2.16 bits per heavy atom. The Labute approximate surface area is 295 Å². The molecule has 0 fully saturated rings. The van der Waals surface area contributed by atoms with Gasteiger partial charge in [0.15, 0.2) is 0 Å². The van der Waals surface area contributed by atoms with Crippen LogP contribution >= 0.6 is 0 Å². The van der Waals surface area contributed by atoms with Crippen LogP contribution < -0.4 is 5.32 Å². The van der Waals surface area contributed by atoms with Gasteiger partial charge < -0.3 is 29.9 Å². The summed E-state index contributed by atoms with van der Waals surface area (Å²) in [4.78, 5) is 41.8. The summed E-state index contributed by atoms with van der Waals surface area (Å²) in [5.41, 5.74) is 5.41. The van der Waals surface area contributed by atoms with Gasteiger partial charge in [0.25, 0.3) is 5.91 Å². The standard InChI is InChI=1S/C40H40FN3O7/c1-25(2)37-36(39(49)43-31-14-8-26(9-15-31)24-51-40(50)29-16-19-42-20-17-29)35(27-6-4-3-5-7-27)38(28-10-12-30(41)13-11-28)44(37)21-18-32(45)22-33(46)23-34(47)48/h3-17,19-20,25,32-33,45-46H,18,21-24H2,1-2H3,(H,43,49)(H,47,48)/t32-,33-/m1/s1. The predicted molar refractivity (Wildman–Crippen MR) is 191 cm³/mol. The highest BCUT2D eigenvalue weighted by molar-refractivity contribution is 6.12. The van der Waals surface area contributed by atoms with Crippen LogP contribution in [-0.4, -0.2) is 54.9 Å². The molecule has 0 bridgehead atoms. The maximum Gasteiger partial charge on any atom is 0.338 e. The van der Waals surface area contributed by atoms with Crippen molar-refractivity contribution < 1.29 is 38.8 Å². The Kier molecular flexibility index (Phi) is 12.1. The topological polar surface area (TPSA) is 151 Å². The summed E-state index contributed by atoms with van der Waals surface area (Å²) in [5.74, 6) is -2.62. The lowest BCUT2D eigenvalue weighted by atomic mass is 9.94. The molecule has 0 aliphatic rings. The second-order valence-corrected chi connectivity index (χ2v) is 12.6. The van der Waals surface area contributed by atoms with Crippen molar-refractivity contribution >= 4 is 23.5 Å². The number of aromatic nitrogens is 2. The zero-order chi connectivity index (χ0) is 36.5. The number of carbonyl (C=O) groups is 3. The van der Waals surface area contributed by atoms with Crippen LogP contribution in [0.1, 0.15) is 71.0 Å². The van der Waals surface area contributed by atoms with Crippen LogP contribution in [0.2, 0.25) is 0 Å². The predicted octanol–water partition coefficient (Wildman–Crippen LogP) is 7.07. The van der Waals surface area contributed by atoms with E-state index in [4.69, 9.17) is 9.84 Å². The van der Waals surface area contributed by atoms with Crippen molar-refractivity contribution in [2.75, 3.05) is 5.32 Å². The van der Waals surface area contributed by atoms with Crippen LogP contribution in [0, 0.1) is 5.82 Å². The second-order valence-electron chi connectivity index (χ2n) is 12.6. The molecule has 51 heavy (non-hydrogen) atoms. The van der Waals surface area contributed by atoms with E-state index >= 15 is 0 Å². The van der Waals surface area contributed by atoms with Gasteiger partial charge in [0.1, 0.15) is 12.4 Å². The molecule has 2 heterocycles. The molecule has 0 saturated heterocycles. The Balaban J connectivity index is 1.51. The van der Waals surface area contributed by atoms with Gasteiger partial charge >= 0.3 is 11.9 Å². The summed E-state index contributed by atoms with van der Waals surface area (Å²) in [7, 11) is 0. The van der Waals surface area contributed by atoms with E-state index in [1.54, 1.807) is 48.5 Å². The van der Waals surface area contributed by atoms with Gasteiger partial charge in [-0.25, -0.2) is 9.18 Å². The average Bonchev–Trinajstić information content (AvgIpc) is 3.46. The molecule has 1 amide bonds. The lowest BCUT2D eigenvalue weighted by molar-refractivity contribution is -0.139. The van der Waals surface area contributed by atoms with Crippen molar-refractivity contribution in [3.8, 4) is 22.4 Å². The number of nitrogens with one attached hydrogen (secondary N) is 1. The minimum absolute atomic E-state index is 0.0358. The maximum absolute atomic E-state index is 14.4. The van der Waals surface area contributed by atoms with E-state index in [1.807, 2.05) is 48.7 Å². The number of esters is 1. The molecule has 0 unspecified atom stereocenters. The number of pyridine rings is 1. The largest absolute Gasteiger partial charge is 0.481 e. The molecule has 0 radical (unpaired) electrons. The van der Waals surface area contributed by atoms with Crippen molar-refractivity contribution in [3.05, 3.63) is 132 Å². The van der Waals surface area contributed by atoms with Crippen molar-refractivity contribution in [1.29, 1.82) is 0 Å². The van der Waals surface area contributed by atoms with Gasteiger partial charge in [-0.05, 0) is 84.0 Å². The molecule has 0 aliphatic carbocycles. The number of rotatable bonds is 15. The fourth-order valence-corrected chi connectivity index (χ4v) is 6.09. The Bertz CT molecular complexity index is 1940. The van der Waals surface area contributed by atoms with Crippen molar-refractivity contribution in [3.63, 3.8) is 0 Å². The van der Waals surface area contributed by atoms with Crippen LogP contribution in [0.4, 0.5) is 10.1 Å². The van der Waals surface area contributed by atoms with Gasteiger partial charge in [0, 0.05) is 35.9 Å². The normalized spacial score (nSPS) is 12.4. The Hall–Kier alpha value is -5.65. The summed E-state index contributed by atoms with van der Waals surface area (Å²) in [6.45, 7) is 4.18. The van der Waals surface area contributed by atoms with Crippen LogP contribution in [0.15, 0.2) is 103 Å². The number of carboxylic acids is 1. The third kappa shape index (κ3) is 9.33. The highest BCUT2D eigenvalue weighted by Gasteiger charge is 2.31. The van der Waals surface area contributed by atoms with Crippen LogP contribution in [-0.2, 0) is 22.7 Å². The molecular weight excluding hydrogens is 653 g/mol. The molecule has 0 spiro atoms. The van der Waals surface area contributed by atoms with E-state index in [1.165, 1.54) is 24.5 Å². The molecule has 264 valence electrons. The van der Waals surface area contributed by atoms with E-state index < -0.39 is 36.4 Å². The summed E-state index contributed by atoms with van der Waals surface area (Å²) >= 11 is 0. The number of ether oxygens (including phenoxy) is 1. The molecular formula is C40H40FN3O7. The summed E-state index contributed by atoms with van der Waals surface area (Å²) in [5, 5.41) is 33.1. The minimum atomic E-state index is -1.22. The number of amides is 1. The summed E-state index contributed by atoms with van der Waals surface area (Å²) in [6, 6.07) is 25.5. The molecule has 0 aliphatic heterocycles. The molecule has 11 heteroatoms. The molecule has 5 aromatic rings. The second kappa shape index (κ2) is 16.8. The first-order valence-corrected chi connectivity index (χ1v) is 16.6. The highest BCUT2D eigenvalue weighted by atomic mass is 19.1. The molecule has 3 aromatic carbocycles. The first-order chi connectivity index (χ1) is 24.5. The molecule has 10 nitrogen and oxygen atoms in total. The van der Waals surface area contributed by atoms with Crippen molar-refractivity contribution in [2.45, 2.75) is 64.4 Å². The molecule has 5 rings (SSSR count). The lowest BCUT2D eigenvalue weighted by Crippen LogP contribution is -2.22. The van der Waals surface area contributed by atoms with Crippen LogP contribution in [0.3, 0.4) is 0 Å². The smallest absolute Gasteiger partial charge is 0.338 e. The number of aliphatic hydroxyl groups excluding tert-OH is 2. The number of aliphatic carboxylic acids is 1. The molecule has 4 N–H and O–H groups in total. The van der Waals surface area contributed by atoms with E-state index in [2.05, 4.69) is 10.3 Å². The fourth-order valence-electron chi connectivity index (χ4n) is 6.09. The zero-order valence-corrected chi connectivity index (χ0v) is 28.3. The van der Waals surface area contributed by atoms with E-state index in [-0.39, 0.29) is 37.8 Å². The summed E-state index contributed by atoms with van der Waals surface area (Å²) in [6.07, 6.45) is 0.318. The maximum atomic E-state index is 14.4. The monoisotopic (exact) mass is 693 g/mol. The number of hydrogen-bond donors (Lipinski definition) is 4. The first-order valence-electron chi connectivity index (χ1n) is 16.6. The van der Waals surface area contributed by atoms with Gasteiger partial charge in [0.2, 0.25) is 0 Å². The van der Waals surface area contributed by atoms with E-state index in [0.717, 1.165) is 11.1 Å².